The number of rotatable bonds is 4. The number of benzene rings is 2. The summed E-state index contributed by atoms with van der Waals surface area (Å²) in [7, 11) is 1.55. The van der Waals surface area contributed by atoms with Crippen LogP contribution < -0.4 is 10.5 Å². The molecule has 0 saturated carbocycles. The van der Waals surface area contributed by atoms with Gasteiger partial charge in [0.05, 0.1) is 7.11 Å². The Morgan fingerprint density at radius 2 is 1.70 bits per heavy atom. The van der Waals surface area contributed by atoms with Gasteiger partial charge in [-0.1, -0.05) is 42.5 Å². The fraction of sp³-hybridized carbons (Fsp3) is 0.133. The minimum atomic E-state index is -1.64. The normalized spacial score (nSPS) is 12.9. The van der Waals surface area contributed by atoms with Gasteiger partial charge in [0.15, 0.2) is 5.60 Å². The topological polar surface area (TPSA) is 79.3 Å². The highest BCUT2D eigenvalue weighted by molar-refractivity contribution is 5.91. The van der Waals surface area contributed by atoms with E-state index in [0.717, 1.165) is 0 Å². The van der Waals surface area contributed by atoms with Crippen molar-refractivity contribution in [1.29, 1.82) is 5.41 Å². The van der Waals surface area contributed by atoms with Crippen molar-refractivity contribution in [3.63, 3.8) is 0 Å². The molecule has 0 aliphatic carbocycles. The molecule has 0 bridgehead atoms. The first kappa shape index (κ1) is 16.0. The largest absolute Gasteiger partial charge is 0.497 e. The quantitative estimate of drug-likeness (QED) is 0.597. The van der Waals surface area contributed by atoms with Crippen molar-refractivity contribution >= 4 is 18.2 Å². The van der Waals surface area contributed by atoms with Gasteiger partial charge in [0.25, 0.3) is 0 Å². The lowest BCUT2D eigenvalue weighted by molar-refractivity contribution is 0.153. The molecular formula is C15H17ClN2O2. The molecule has 0 aliphatic heterocycles. The molecule has 4 nitrogen and oxygen atoms in total. The van der Waals surface area contributed by atoms with Crippen molar-refractivity contribution in [2.45, 2.75) is 5.60 Å². The van der Waals surface area contributed by atoms with E-state index < -0.39 is 5.60 Å². The molecule has 0 radical (unpaired) electrons. The third-order valence-electron chi connectivity index (χ3n) is 3.07. The average molecular weight is 293 g/mol. The Hall–Kier alpha value is -2.04. The molecule has 2 aromatic rings. The number of nitrogens with one attached hydrogen (secondary N) is 1. The third-order valence-corrected chi connectivity index (χ3v) is 3.07. The van der Waals surface area contributed by atoms with E-state index in [2.05, 4.69) is 0 Å². The molecule has 0 aliphatic rings. The lowest BCUT2D eigenvalue weighted by Crippen LogP contribution is -2.41. The highest BCUT2D eigenvalue weighted by Crippen LogP contribution is 2.31. The SMILES string of the molecule is COc1cccc(C(O)(C(=N)N)c2ccccc2)c1.Cl. The summed E-state index contributed by atoms with van der Waals surface area (Å²) in [5.74, 6) is 0.278. The molecule has 4 N–H and O–H groups in total. The molecular weight excluding hydrogens is 276 g/mol. The van der Waals surface area contributed by atoms with Gasteiger partial charge < -0.3 is 15.6 Å². The molecule has 0 aromatic heterocycles. The Bertz CT molecular complexity index is 589. The molecule has 2 aromatic carbocycles. The van der Waals surface area contributed by atoms with Crippen molar-refractivity contribution in [3.8, 4) is 5.75 Å². The highest BCUT2D eigenvalue weighted by atomic mass is 35.5. The molecule has 0 saturated heterocycles. The van der Waals surface area contributed by atoms with Crippen LogP contribution in [0, 0.1) is 5.41 Å². The van der Waals surface area contributed by atoms with E-state index in [0.29, 0.717) is 16.9 Å². The van der Waals surface area contributed by atoms with Gasteiger partial charge in [0.1, 0.15) is 11.6 Å². The fourth-order valence-electron chi connectivity index (χ4n) is 2.01. The lowest BCUT2D eigenvalue weighted by Gasteiger charge is -2.28. The third kappa shape index (κ3) is 2.76. The van der Waals surface area contributed by atoms with Crippen LogP contribution in [0.2, 0.25) is 0 Å². The first-order chi connectivity index (χ1) is 9.09. The summed E-state index contributed by atoms with van der Waals surface area (Å²) in [6.07, 6.45) is 0. The van der Waals surface area contributed by atoms with Crippen LogP contribution in [0.15, 0.2) is 54.6 Å². The Balaban J connectivity index is 0.00000200. The summed E-state index contributed by atoms with van der Waals surface area (Å²) in [5, 5.41) is 18.6. The molecule has 0 spiro atoms. The summed E-state index contributed by atoms with van der Waals surface area (Å²) < 4.78 is 5.14. The summed E-state index contributed by atoms with van der Waals surface area (Å²) in [5.41, 5.74) is 5.03. The van der Waals surface area contributed by atoms with E-state index in [4.69, 9.17) is 15.9 Å². The van der Waals surface area contributed by atoms with Gasteiger partial charge in [-0.25, -0.2) is 0 Å². The zero-order valence-electron chi connectivity index (χ0n) is 11.0. The molecule has 20 heavy (non-hydrogen) atoms. The highest BCUT2D eigenvalue weighted by Gasteiger charge is 2.35. The van der Waals surface area contributed by atoms with Crippen LogP contribution in [0.1, 0.15) is 11.1 Å². The van der Waals surface area contributed by atoms with Gasteiger partial charge in [-0.2, -0.15) is 0 Å². The maximum Gasteiger partial charge on any atom is 0.171 e. The van der Waals surface area contributed by atoms with E-state index >= 15 is 0 Å². The zero-order chi connectivity index (χ0) is 13.9. The Morgan fingerprint density at radius 3 is 2.25 bits per heavy atom. The Morgan fingerprint density at radius 1 is 1.10 bits per heavy atom. The van der Waals surface area contributed by atoms with Crippen LogP contribution in [0.25, 0.3) is 0 Å². The lowest BCUT2D eigenvalue weighted by atomic mass is 9.85. The van der Waals surface area contributed by atoms with Gasteiger partial charge >= 0.3 is 0 Å². The predicted molar refractivity (Wildman–Crippen MR) is 81.6 cm³/mol. The molecule has 2 rings (SSSR count). The second-order valence-electron chi connectivity index (χ2n) is 4.22. The Labute approximate surface area is 124 Å². The number of hydrogen-bond acceptors (Lipinski definition) is 3. The van der Waals surface area contributed by atoms with Gasteiger partial charge in [-0.3, -0.25) is 5.41 Å². The average Bonchev–Trinajstić information content (AvgIpc) is 2.47. The summed E-state index contributed by atoms with van der Waals surface area (Å²) >= 11 is 0. The van der Waals surface area contributed by atoms with E-state index in [1.54, 1.807) is 55.6 Å². The van der Waals surface area contributed by atoms with Crippen LogP contribution in [0.4, 0.5) is 0 Å². The van der Waals surface area contributed by atoms with Crippen LogP contribution in [0.3, 0.4) is 0 Å². The maximum atomic E-state index is 10.8. The van der Waals surface area contributed by atoms with Crippen LogP contribution >= 0.6 is 12.4 Å². The van der Waals surface area contributed by atoms with E-state index in [1.165, 1.54) is 0 Å². The molecule has 106 valence electrons. The smallest absolute Gasteiger partial charge is 0.171 e. The number of nitrogens with two attached hydrogens (primary N) is 1. The standard InChI is InChI=1S/C15H16N2O2.ClH/c1-19-13-9-5-8-12(10-13)15(18,14(16)17)11-6-3-2-4-7-11;/h2-10,18H,1H3,(H3,16,17);1H. The van der Waals surface area contributed by atoms with Crippen molar-refractivity contribution in [3.05, 3.63) is 65.7 Å². The van der Waals surface area contributed by atoms with Crippen molar-refractivity contribution in [1.82, 2.24) is 0 Å². The van der Waals surface area contributed by atoms with Gasteiger partial charge in [0, 0.05) is 0 Å². The molecule has 5 heteroatoms. The van der Waals surface area contributed by atoms with Crippen molar-refractivity contribution in [2.24, 2.45) is 5.73 Å². The second kappa shape index (κ2) is 6.41. The molecule has 0 amide bonds. The van der Waals surface area contributed by atoms with Crippen LogP contribution in [-0.2, 0) is 5.60 Å². The number of halogens is 1. The van der Waals surface area contributed by atoms with E-state index in [1.807, 2.05) is 6.07 Å². The number of amidine groups is 1. The number of hydrogen-bond donors (Lipinski definition) is 3. The van der Waals surface area contributed by atoms with Crippen molar-refractivity contribution in [2.75, 3.05) is 7.11 Å². The summed E-state index contributed by atoms with van der Waals surface area (Å²) in [6.45, 7) is 0. The van der Waals surface area contributed by atoms with Gasteiger partial charge in [-0.15, -0.1) is 12.4 Å². The maximum absolute atomic E-state index is 10.8. The first-order valence-electron chi connectivity index (χ1n) is 5.86. The number of aliphatic hydroxyl groups is 1. The van der Waals surface area contributed by atoms with E-state index in [9.17, 15) is 5.11 Å². The van der Waals surface area contributed by atoms with Gasteiger partial charge in [0.2, 0.25) is 0 Å². The first-order valence-corrected chi connectivity index (χ1v) is 5.86. The van der Waals surface area contributed by atoms with Crippen LogP contribution in [0.5, 0.6) is 5.75 Å². The monoisotopic (exact) mass is 292 g/mol. The summed E-state index contributed by atoms with van der Waals surface area (Å²) in [4.78, 5) is 0. The molecule has 0 fully saturated rings. The second-order valence-corrected chi connectivity index (χ2v) is 4.22. The van der Waals surface area contributed by atoms with Gasteiger partial charge in [-0.05, 0) is 23.3 Å². The molecule has 1 unspecified atom stereocenters. The van der Waals surface area contributed by atoms with Crippen molar-refractivity contribution < 1.29 is 9.84 Å². The minimum Gasteiger partial charge on any atom is -0.497 e. The summed E-state index contributed by atoms with van der Waals surface area (Å²) in [6, 6.07) is 15.8. The Kier molecular flexibility index (Phi) is 5.13. The zero-order valence-corrected chi connectivity index (χ0v) is 11.9. The number of ether oxygens (including phenoxy) is 1. The molecule has 1 atom stereocenters. The minimum absolute atomic E-state index is 0. The number of methoxy groups -OCH3 is 1. The predicted octanol–water partition coefficient (Wildman–Crippen LogP) is 2.29. The molecule has 0 heterocycles. The van der Waals surface area contributed by atoms with E-state index in [-0.39, 0.29) is 18.2 Å². The fourth-order valence-corrected chi connectivity index (χ4v) is 2.01. The van der Waals surface area contributed by atoms with Crippen LogP contribution in [-0.4, -0.2) is 18.1 Å².